The monoisotopic (exact) mass is 536 g/mol. The van der Waals surface area contributed by atoms with Crippen molar-refractivity contribution in [2.24, 2.45) is 0 Å². The van der Waals surface area contributed by atoms with Gasteiger partial charge in [-0.15, -0.1) is 0 Å². The summed E-state index contributed by atoms with van der Waals surface area (Å²) in [5.74, 6) is 0.499. The molecule has 0 radical (unpaired) electrons. The zero-order valence-electron chi connectivity index (χ0n) is 20.5. The molecule has 0 bridgehead atoms. The van der Waals surface area contributed by atoms with Crippen LogP contribution < -0.4 is 10.1 Å². The van der Waals surface area contributed by atoms with Crippen molar-refractivity contribution in [1.29, 1.82) is 0 Å². The van der Waals surface area contributed by atoms with Gasteiger partial charge in [-0.25, -0.2) is 0 Å². The molecular formula is C29H33BrN2O3. The van der Waals surface area contributed by atoms with E-state index in [2.05, 4.69) is 21.2 Å². The molecule has 3 aromatic carbocycles. The fourth-order valence-electron chi connectivity index (χ4n) is 3.85. The lowest BCUT2D eigenvalue weighted by atomic mass is 10.0. The molecule has 5 nitrogen and oxygen atoms in total. The highest BCUT2D eigenvalue weighted by atomic mass is 79.9. The smallest absolute Gasteiger partial charge is 0.243 e. The molecule has 35 heavy (non-hydrogen) atoms. The summed E-state index contributed by atoms with van der Waals surface area (Å²) in [4.78, 5) is 29.0. The number of hydrogen-bond acceptors (Lipinski definition) is 3. The number of nitrogens with one attached hydrogen (secondary N) is 1. The minimum Gasteiger partial charge on any atom is -0.497 e. The van der Waals surface area contributed by atoms with Gasteiger partial charge in [0.05, 0.1) is 13.5 Å². The van der Waals surface area contributed by atoms with Crippen LogP contribution in [0.3, 0.4) is 0 Å². The van der Waals surface area contributed by atoms with Crippen molar-refractivity contribution in [2.45, 2.75) is 51.7 Å². The standard InChI is InChI=1S/C29H33BrN2O3/c1-4-21(2)31-29(34)27(18-22-9-6-5-7-10-22)32(20-24-11-8-12-25(30)17-24)28(33)19-23-13-15-26(35-3)16-14-23/h5-17,21,27H,4,18-20H2,1-3H3,(H,31,34)/t21-,27-/m1/s1. The molecule has 3 aromatic rings. The molecule has 0 unspecified atom stereocenters. The maximum atomic E-state index is 13.8. The summed E-state index contributed by atoms with van der Waals surface area (Å²) in [5, 5.41) is 3.10. The zero-order valence-corrected chi connectivity index (χ0v) is 22.1. The Kier molecular flexibility index (Phi) is 9.91. The van der Waals surface area contributed by atoms with Gasteiger partial charge in [-0.3, -0.25) is 9.59 Å². The van der Waals surface area contributed by atoms with Gasteiger partial charge in [-0.1, -0.05) is 77.5 Å². The SMILES string of the molecule is CC[C@@H](C)NC(=O)[C@@H](Cc1ccccc1)N(Cc1cccc(Br)c1)C(=O)Cc1ccc(OC)cc1. The molecule has 0 aliphatic carbocycles. The van der Waals surface area contributed by atoms with Gasteiger partial charge in [0.25, 0.3) is 0 Å². The first-order valence-electron chi connectivity index (χ1n) is 11.9. The second kappa shape index (κ2) is 13.1. The van der Waals surface area contributed by atoms with Gasteiger partial charge >= 0.3 is 0 Å². The van der Waals surface area contributed by atoms with E-state index < -0.39 is 6.04 Å². The van der Waals surface area contributed by atoms with Crippen LogP contribution in [-0.2, 0) is 29.0 Å². The molecule has 0 aliphatic rings. The van der Waals surface area contributed by atoms with Crippen LogP contribution in [0.5, 0.6) is 5.75 Å². The molecule has 0 saturated carbocycles. The Hall–Kier alpha value is -3.12. The minimum atomic E-state index is -0.642. The van der Waals surface area contributed by atoms with Crippen LogP contribution in [-0.4, -0.2) is 35.9 Å². The lowest BCUT2D eigenvalue weighted by molar-refractivity contribution is -0.141. The maximum Gasteiger partial charge on any atom is 0.243 e. The Morgan fingerprint density at radius 3 is 2.26 bits per heavy atom. The molecule has 6 heteroatoms. The van der Waals surface area contributed by atoms with Gasteiger partial charge in [0.15, 0.2) is 0 Å². The highest BCUT2D eigenvalue weighted by molar-refractivity contribution is 9.10. The quantitative estimate of drug-likeness (QED) is 0.349. The van der Waals surface area contributed by atoms with E-state index in [1.54, 1.807) is 12.0 Å². The van der Waals surface area contributed by atoms with Crippen molar-refractivity contribution in [3.63, 3.8) is 0 Å². The summed E-state index contributed by atoms with van der Waals surface area (Å²) in [6, 6.07) is 24.5. The largest absolute Gasteiger partial charge is 0.497 e. The first-order valence-corrected chi connectivity index (χ1v) is 12.7. The summed E-state index contributed by atoms with van der Waals surface area (Å²) >= 11 is 3.52. The van der Waals surface area contributed by atoms with E-state index in [1.807, 2.05) is 92.7 Å². The lowest BCUT2D eigenvalue weighted by Crippen LogP contribution is -2.52. The van der Waals surface area contributed by atoms with Gasteiger partial charge in [0.1, 0.15) is 11.8 Å². The van der Waals surface area contributed by atoms with Crippen LogP contribution >= 0.6 is 15.9 Å². The third kappa shape index (κ3) is 7.96. The summed E-state index contributed by atoms with van der Waals surface area (Å²) in [7, 11) is 1.62. The van der Waals surface area contributed by atoms with E-state index in [1.165, 1.54) is 0 Å². The molecule has 0 saturated heterocycles. The number of benzene rings is 3. The molecular weight excluding hydrogens is 504 g/mol. The van der Waals surface area contributed by atoms with Gasteiger partial charge in [-0.05, 0) is 54.3 Å². The minimum absolute atomic E-state index is 0.0187. The van der Waals surface area contributed by atoms with E-state index in [-0.39, 0.29) is 24.3 Å². The van der Waals surface area contributed by atoms with Crippen LogP contribution in [0, 0.1) is 0 Å². The summed E-state index contributed by atoms with van der Waals surface area (Å²) in [6.07, 6.45) is 1.45. The number of halogens is 1. The van der Waals surface area contributed by atoms with Crippen LogP contribution in [0.25, 0.3) is 0 Å². The van der Waals surface area contributed by atoms with Gasteiger partial charge < -0.3 is 15.0 Å². The topological polar surface area (TPSA) is 58.6 Å². The van der Waals surface area contributed by atoms with Crippen molar-refractivity contribution in [3.8, 4) is 5.75 Å². The number of methoxy groups -OCH3 is 1. The predicted octanol–water partition coefficient (Wildman–Crippen LogP) is 5.56. The zero-order chi connectivity index (χ0) is 25.2. The van der Waals surface area contributed by atoms with Gasteiger partial charge in [-0.2, -0.15) is 0 Å². The van der Waals surface area contributed by atoms with Crippen molar-refractivity contribution in [3.05, 3.63) is 100 Å². The molecule has 2 atom stereocenters. The van der Waals surface area contributed by atoms with Crippen LogP contribution in [0.15, 0.2) is 83.3 Å². The van der Waals surface area contributed by atoms with E-state index in [4.69, 9.17) is 4.74 Å². The van der Waals surface area contributed by atoms with Crippen molar-refractivity contribution >= 4 is 27.7 Å². The maximum absolute atomic E-state index is 13.8. The average Bonchev–Trinajstić information content (AvgIpc) is 2.87. The second-order valence-electron chi connectivity index (χ2n) is 8.70. The third-order valence-corrected chi connectivity index (χ3v) is 6.52. The number of hydrogen-bond donors (Lipinski definition) is 1. The van der Waals surface area contributed by atoms with Gasteiger partial charge in [0, 0.05) is 23.5 Å². The summed E-state index contributed by atoms with van der Waals surface area (Å²) in [5.41, 5.74) is 2.83. The van der Waals surface area contributed by atoms with E-state index >= 15 is 0 Å². The average molecular weight is 537 g/mol. The van der Waals surface area contributed by atoms with Crippen LogP contribution in [0.4, 0.5) is 0 Å². The van der Waals surface area contributed by atoms with Crippen LogP contribution in [0.2, 0.25) is 0 Å². The van der Waals surface area contributed by atoms with Crippen molar-refractivity contribution < 1.29 is 14.3 Å². The lowest BCUT2D eigenvalue weighted by Gasteiger charge is -2.32. The highest BCUT2D eigenvalue weighted by Gasteiger charge is 2.31. The Morgan fingerprint density at radius 2 is 1.63 bits per heavy atom. The molecule has 3 rings (SSSR count). The fraction of sp³-hybridized carbons (Fsp3) is 0.310. The third-order valence-electron chi connectivity index (χ3n) is 6.03. The molecule has 0 heterocycles. The number of rotatable bonds is 11. The van der Waals surface area contributed by atoms with Crippen molar-refractivity contribution in [1.82, 2.24) is 10.2 Å². The molecule has 0 fully saturated rings. The number of carbonyl (C=O) groups is 2. The number of ether oxygens (including phenoxy) is 1. The number of nitrogens with zero attached hydrogens (tertiary/aromatic N) is 1. The molecule has 1 N–H and O–H groups in total. The molecule has 0 aromatic heterocycles. The van der Waals surface area contributed by atoms with E-state index in [9.17, 15) is 9.59 Å². The molecule has 184 valence electrons. The Balaban J connectivity index is 1.95. The van der Waals surface area contributed by atoms with E-state index in [0.717, 1.165) is 33.3 Å². The normalized spacial score (nSPS) is 12.5. The molecule has 2 amide bonds. The van der Waals surface area contributed by atoms with Gasteiger partial charge in [0.2, 0.25) is 11.8 Å². The van der Waals surface area contributed by atoms with E-state index in [0.29, 0.717) is 13.0 Å². The Bertz CT molecular complexity index is 1100. The second-order valence-corrected chi connectivity index (χ2v) is 9.62. The Morgan fingerprint density at radius 1 is 0.943 bits per heavy atom. The Labute approximate surface area is 216 Å². The first kappa shape index (κ1) is 26.5. The fourth-order valence-corrected chi connectivity index (χ4v) is 4.29. The molecule has 0 aliphatic heterocycles. The molecule has 0 spiro atoms. The summed E-state index contributed by atoms with van der Waals surface area (Å²) < 4.78 is 6.17. The highest BCUT2D eigenvalue weighted by Crippen LogP contribution is 2.20. The number of amides is 2. The summed E-state index contributed by atoms with van der Waals surface area (Å²) in [6.45, 7) is 4.35. The van der Waals surface area contributed by atoms with Crippen LogP contribution in [0.1, 0.15) is 37.0 Å². The first-order chi connectivity index (χ1) is 16.9. The predicted molar refractivity (Wildman–Crippen MR) is 143 cm³/mol. The number of carbonyl (C=O) groups excluding carboxylic acids is 2. The van der Waals surface area contributed by atoms with Crippen molar-refractivity contribution in [2.75, 3.05) is 7.11 Å².